The van der Waals surface area contributed by atoms with Gasteiger partial charge in [0.1, 0.15) is 0 Å². The maximum Gasteiger partial charge on any atom is 0.213 e. The van der Waals surface area contributed by atoms with Gasteiger partial charge in [-0.2, -0.15) is 0 Å². The maximum absolute atomic E-state index is 5.39. The number of hydrogen-bond donors (Lipinski definition) is 1. The number of hydrogen-bond acceptors (Lipinski definition) is 3. The quantitative estimate of drug-likeness (QED) is 0.852. The fourth-order valence-electron chi connectivity index (χ4n) is 0.765. The number of ether oxygens (including phenoxy) is 1. The molecule has 1 aromatic rings. The molecular formula is C8H14Cl2N2O. The molecule has 0 saturated heterocycles. The van der Waals surface area contributed by atoms with Crippen LogP contribution < -0.4 is 10.5 Å². The standard InChI is InChI=1S/C8H12N2O.2ClH/c1-2-11-8-4-3-7(5-9)6-10-8;;/h3-4,6H,2,5,9H2,1H3;2*1H. The summed E-state index contributed by atoms with van der Waals surface area (Å²) in [6, 6.07) is 3.74. The van der Waals surface area contributed by atoms with Gasteiger partial charge in [-0.1, -0.05) is 6.07 Å². The maximum atomic E-state index is 5.39. The van der Waals surface area contributed by atoms with Crippen molar-refractivity contribution < 1.29 is 4.74 Å². The van der Waals surface area contributed by atoms with Crippen LogP contribution in [0.3, 0.4) is 0 Å². The number of pyridine rings is 1. The molecule has 0 radical (unpaired) electrons. The molecule has 3 nitrogen and oxygen atoms in total. The minimum Gasteiger partial charge on any atom is -0.478 e. The first-order valence-corrected chi connectivity index (χ1v) is 3.64. The van der Waals surface area contributed by atoms with E-state index in [4.69, 9.17) is 10.5 Å². The molecule has 2 N–H and O–H groups in total. The van der Waals surface area contributed by atoms with Crippen LogP contribution in [0.15, 0.2) is 18.3 Å². The summed E-state index contributed by atoms with van der Waals surface area (Å²) >= 11 is 0. The first-order chi connectivity index (χ1) is 5.36. The van der Waals surface area contributed by atoms with Crippen LogP contribution in [0.25, 0.3) is 0 Å². The molecule has 5 heteroatoms. The van der Waals surface area contributed by atoms with Crippen molar-refractivity contribution in [1.82, 2.24) is 4.98 Å². The van der Waals surface area contributed by atoms with Crippen LogP contribution >= 0.6 is 24.8 Å². The second-order valence-electron chi connectivity index (χ2n) is 2.14. The van der Waals surface area contributed by atoms with Crippen molar-refractivity contribution in [3.05, 3.63) is 23.9 Å². The molecule has 0 bridgehead atoms. The summed E-state index contributed by atoms with van der Waals surface area (Å²) in [5.41, 5.74) is 6.41. The monoisotopic (exact) mass is 224 g/mol. The number of aromatic nitrogens is 1. The van der Waals surface area contributed by atoms with Crippen molar-refractivity contribution in [3.63, 3.8) is 0 Å². The summed E-state index contributed by atoms with van der Waals surface area (Å²) < 4.78 is 5.15. The zero-order chi connectivity index (χ0) is 8.10. The fourth-order valence-corrected chi connectivity index (χ4v) is 0.765. The van der Waals surface area contributed by atoms with Crippen molar-refractivity contribution >= 4 is 24.8 Å². The SMILES string of the molecule is CCOc1ccc(CN)cn1.Cl.Cl. The Kier molecular flexibility index (Phi) is 9.34. The van der Waals surface area contributed by atoms with Crippen molar-refractivity contribution in [2.45, 2.75) is 13.5 Å². The highest BCUT2D eigenvalue weighted by Crippen LogP contribution is 2.06. The Bertz CT molecular complexity index is 216. The molecule has 0 atom stereocenters. The third-order valence-corrected chi connectivity index (χ3v) is 1.33. The lowest BCUT2D eigenvalue weighted by Gasteiger charge is -2.01. The predicted molar refractivity (Wildman–Crippen MR) is 57.8 cm³/mol. The van der Waals surface area contributed by atoms with Crippen LogP contribution in [0.4, 0.5) is 0 Å². The summed E-state index contributed by atoms with van der Waals surface area (Å²) in [6.07, 6.45) is 1.73. The van der Waals surface area contributed by atoms with E-state index in [1.54, 1.807) is 6.20 Å². The molecule has 0 saturated carbocycles. The predicted octanol–water partition coefficient (Wildman–Crippen LogP) is 1.78. The molecule has 0 aliphatic rings. The largest absolute Gasteiger partial charge is 0.478 e. The van der Waals surface area contributed by atoms with Gasteiger partial charge in [0.25, 0.3) is 0 Å². The lowest BCUT2D eigenvalue weighted by atomic mass is 10.3. The van der Waals surface area contributed by atoms with E-state index >= 15 is 0 Å². The Labute approximate surface area is 90.5 Å². The molecule has 1 rings (SSSR count). The molecule has 0 unspecified atom stereocenters. The third-order valence-electron chi connectivity index (χ3n) is 1.33. The molecule has 0 aromatic carbocycles. The summed E-state index contributed by atoms with van der Waals surface area (Å²) in [6.45, 7) is 3.10. The molecule has 13 heavy (non-hydrogen) atoms. The normalized spacial score (nSPS) is 8.15. The van der Waals surface area contributed by atoms with Gasteiger partial charge in [-0.25, -0.2) is 4.98 Å². The molecule has 0 aliphatic heterocycles. The van der Waals surface area contributed by atoms with Crippen LogP contribution in [0, 0.1) is 0 Å². The van der Waals surface area contributed by atoms with Crippen molar-refractivity contribution in [2.24, 2.45) is 5.73 Å². The topological polar surface area (TPSA) is 48.1 Å². The molecular weight excluding hydrogens is 211 g/mol. The van der Waals surface area contributed by atoms with E-state index in [9.17, 15) is 0 Å². The Balaban J connectivity index is 0. The molecule has 0 amide bonds. The second-order valence-corrected chi connectivity index (χ2v) is 2.14. The van der Waals surface area contributed by atoms with Crippen molar-refractivity contribution in [1.29, 1.82) is 0 Å². The molecule has 0 aliphatic carbocycles. The van der Waals surface area contributed by atoms with Crippen molar-refractivity contribution in [2.75, 3.05) is 6.61 Å². The average molecular weight is 225 g/mol. The molecule has 0 spiro atoms. The van der Waals surface area contributed by atoms with Gasteiger partial charge in [0.2, 0.25) is 5.88 Å². The van der Waals surface area contributed by atoms with E-state index in [1.165, 1.54) is 0 Å². The fraction of sp³-hybridized carbons (Fsp3) is 0.375. The van der Waals surface area contributed by atoms with E-state index in [1.807, 2.05) is 19.1 Å². The number of halogens is 2. The van der Waals surface area contributed by atoms with E-state index in [0.29, 0.717) is 19.0 Å². The van der Waals surface area contributed by atoms with Crippen LogP contribution in [0.5, 0.6) is 5.88 Å². The van der Waals surface area contributed by atoms with E-state index < -0.39 is 0 Å². The third kappa shape index (κ3) is 4.93. The zero-order valence-electron chi connectivity index (χ0n) is 7.40. The lowest BCUT2D eigenvalue weighted by molar-refractivity contribution is 0.326. The Morgan fingerprint density at radius 2 is 2.08 bits per heavy atom. The smallest absolute Gasteiger partial charge is 0.213 e. The minimum absolute atomic E-state index is 0. The molecule has 1 heterocycles. The van der Waals surface area contributed by atoms with Gasteiger partial charge in [-0.05, 0) is 12.5 Å². The van der Waals surface area contributed by atoms with Crippen LogP contribution in [0.1, 0.15) is 12.5 Å². The minimum atomic E-state index is 0. The van der Waals surface area contributed by atoms with Crippen LogP contribution in [0.2, 0.25) is 0 Å². The molecule has 76 valence electrons. The molecule has 0 fully saturated rings. The van der Waals surface area contributed by atoms with Crippen LogP contribution in [-0.2, 0) is 6.54 Å². The van der Waals surface area contributed by atoms with Gasteiger partial charge in [0, 0.05) is 18.8 Å². The second kappa shape index (κ2) is 8.10. The first-order valence-electron chi connectivity index (χ1n) is 3.64. The van der Waals surface area contributed by atoms with Crippen LogP contribution in [-0.4, -0.2) is 11.6 Å². The van der Waals surface area contributed by atoms with Crippen molar-refractivity contribution in [3.8, 4) is 5.88 Å². The number of rotatable bonds is 3. The van der Waals surface area contributed by atoms with Gasteiger partial charge >= 0.3 is 0 Å². The highest BCUT2D eigenvalue weighted by atomic mass is 35.5. The first kappa shape index (κ1) is 15.0. The Morgan fingerprint density at radius 3 is 2.46 bits per heavy atom. The number of nitrogens with zero attached hydrogens (tertiary/aromatic N) is 1. The van der Waals surface area contributed by atoms with Gasteiger partial charge in [-0.15, -0.1) is 24.8 Å². The van der Waals surface area contributed by atoms with Gasteiger partial charge < -0.3 is 10.5 Å². The average Bonchev–Trinajstić information content (AvgIpc) is 2.07. The number of nitrogens with two attached hydrogens (primary N) is 1. The van der Waals surface area contributed by atoms with Gasteiger partial charge in [0.05, 0.1) is 6.61 Å². The van der Waals surface area contributed by atoms with Gasteiger partial charge in [0.15, 0.2) is 0 Å². The summed E-state index contributed by atoms with van der Waals surface area (Å²) in [4.78, 5) is 4.04. The summed E-state index contributed by atoms with van der Waals surface area (Å²) in [7, 11) is 0. The van der Waals surface area contributed by atoms with E-state index in [0.717, 1.165) is 5.56 Å². The highest BCUT2D eigenvalue weighted by molar-refractivity contribution is 5.85. The van der Waals surface area contributed by atoms with E-state index in [2.05, 4.69) is 4.98 Å². The summed E-state index contributed by atoms with van der Waals surface area (Å²) in [5.74, 6) is 0.657. The Hall–Kier alpha value is -0.510. The van der Waals surface area contributed by atoms with E-state index in [-0.39, 0.29) is 24.8 Å². The lowest BCUT2D eigenvalue weighted by Crippen LogP contribution is -1.98. The molecule has 1 aromatic heterocycles. The zero-order valence-corrected chi connectivity index (χ0v) is 9.03. The van der Waals surface area contributed by atoms with Gasteiger partial charge in [-0.3, -0.25) is 0 Å². The Morgan fingerprint density at radius 1 is 1.38 bits per heavy atom. The highest BCUT2D eigenvalue weighted by Gasteiger charge is 1.92. The summed E-state index contributed by atoms with van der Waals surface area (Å²) in [5, 5.41) is 0.